The Labute approximate surface area is 111 Å². The Morgan fingerprint density at radius 2 is 2.21 bits per heavy atom. The van der Waals surface area contributed by atoms with Crippen LogP contribution in [0, 0.1) is 5.82 Å². The van der Waals surface area contributed by atoms with Gasteiger partial charge in [0.25, 0.3) is 0 Å². The molecular formula is C13H18FN3O2. The van der Waals surface area contributed by atoms with Crippen LogP contribution in [0.15, 0.2) is 24.3 Å². The zero-order valence-corrected chi connectivity index (χ0v) is 10.9. The monoisotopic (exact) mass is 267 g/mol. The van der Waals surface area contributed by atoms with Crippen molar-refractivity contribution in [1.29, 1.82) is 0 Å². The van der Waals surface area contributed by atoms with Crippen LogP contribution in [0.2, 0.25) is 0 Å². The molecule has 1 heterocycles. The first kappa shape index (κ1) is 13.8. The number of halogens is 1. The molecule has 0 spiro atoms. The van der Waals surface area contributed by atoms with Crippen LogP contribution < -0.4 is 10.6 Å². The Hall–Kier alpha value is -1.66. The van der Waals surface area contributed by atoms with Gasteiger partial charge in [0.15, 0.2) is 0 Å². The molecule has 0 aromatic heterocycles. The van der Waals surface area contributed by atoms with E-state index in [9.17, 15) is 9.18 Å². The van der Waals surface area contributed by atoms with Crippen molar-refractivity contribution in [1.82, 2.24) is 15.5 Å². The van der Waals surface area contributed by atoms with Gasteiger partial charge < -0.3 is 15.4 Å². The van der Waals surface area contributed by atoms with E-state index >= 15 is 0 Å². The molecule has 0 radical (unpaired) electrons. The van der Waals surface area contributed by atoms with Crippen LogP contribution in [-0.4, -0.2) is 43.9 Å². The summed E-state index contributed by atoms with van der Waals surface area (Å²) in [7, 11) is 1.56. The smallest absolute Gasteiger partial charge is 0.316 e. The van der Waals surface area contributed by atoms with Gasteiger partial charge >= 0.3 is 6.03 Å². The van der Waals surface area contributed by atoms with E-state index in [2.05, 4.69) is 15.5 Å². The lowest BCUT2D eigenvalue weighted by Gasteiger charge is -2.33. The fourth-order valence-electron chi connectivity index (χ4n) is 2.00. The van der Waals surface area contributed by atoms with Crippen LogP contribution in [0.1, 0.15) is 5.56 Å². The summed E-state index contributed by atoms with van der Waals surface area (Å²) in [6, 6.07) is 6.19. The van der Waals surface area contributed by atoms with Gasteiger partial charge in [0, 0.05) is 26.7 Å². The summed E-state index contributed by atoms with van der Waals surface area (Å²) in [5.74, 6) is -0.232. The summed E-state index contributed by atoms with van der Waals surface area (Å²) >= 11 is 0. The highest BCUT2D eigenvalue weighted by Gasteiger charge is 2.21. The lowest BCUT2D eigenvalue weighted by Crippen LogP contribution is -2.52. The van der Waals surface area contributed by atoms with E-state index in [-0.39, 0.29) is 18.1 Å². The van der Waals surface area contributed by atoms with Gasteiger partial charge in [-0.1, -0.05) is 12.1 Å². The number of hydrogen-bond acceptors (Lipinski definition) is 3. The Balaban J connectivity index is 1.87. The first-order valence-corrected chi connectivity index (χ1v) is 6.24. The molecular weight excluding hydrogens is 249 g/mol. The number of morpholine rings is 1. The van der Waals surface area contributed by atoms with E-state index in [4.69, 9.17) is 4.74 Å². The number of rotatable bonds is 3. The van der Waals surface area contributed by atoms with Gasteiger partial charge in [0.05, 0.1) is 6.61 Å². The number of hydrogen-bond donors (Lipinski definition) is 2. The summed E-state index contributed by atoms with van der Waals surface area (Å²) in [6.07, 6.45) is -0.311. The van der Waals surface area contributed by atoms with Crippen molar-refractivity contribution in [2.45, 2.75) is 12.8 Å². The fourth-order valence-corrected chi connectivity index (χ4v) is 2.00. The van der Waals surface area contributed by atoms with E-state index < -0.39 is 0 Å². The summed E-state index contributed by atoms with van der Waals surface area (Å²) in [5.41, 5.74) is 1.04. The van der Waals surface area contributed by atoms with E-state index in [1.165, 1.54) is 12.1 Å². The predicted octanol–water partition coefficient (Wildman–Crippen LogP) is 0.913. The number of carbonyl (C=O) groups is 1. The molecule has 2 amide bonds. The largest absolute Gasteiger partial charge is 0.356 e. The molecule has 6 heteroatoms. The van der Waals surface area contributed by atoms with Crippen molar-refractivity contribution in [2.75, 3.05) is 26.7 Å². The molecule has 2 N–H and O–H groups in total. The molecule has 104 valence electrons. The zero-order chi connectivity index (χ0) is 13.7. The minimum Gasteiger partial charge on any atom is -0.356 e. The third-order valence-corrected chi connectivity index (χ3v) is 2.99. The first-order valence-electron chi connectivity index (χ1n) is 6.24. The minimum absolute atomic E-state index is 0.232. The van der Waals surface area contributed by atoms with Crippen molar-refractivity contribution >= 4 is 6.03 Å². The summed E-state index contributed by atoms with van der Waals surface area (Å²) in [6.45, 7) is 2.69. The predicted molar refractivity (Wildman–Crippen MR) is 69.0 cm³/mol. The lowest BCUT2D eigenvalue weighted by molar-refractivity contribution is -0.0414. The van der Waals surface area contributed by atoms with E-state index in [1.807, 2.05) is 0 Å². The molecule has 1 fully saturated rings. The third kappa shape index (κ3) is 4.18. The molecule has 19 heavy (non-hydrogen) atoms. The maximum atomic E-state index is 12.8. The van der Waals surface area contributed by atoms with Crippen molar-refractivity contribution in [3.05, 3.63) is 35.6 Å². The highest BCUT2D eigenvalue weighted by atomic mass is 19.1. The lowest BCUT2D eigenvalue weighted by atomic mass is 10.2. The summed E-state index contributed by atoms with van der Waals surface area (Å²) in [4.78, 5) is 13.4. The van der Waals surface area contributed by atoms with Gasteiger partial charge in [0.2, 0.25) is 0 Å². The number of ether oxygens (including phenoxy) is 1. The highest BCUT2D eigenvalue weighted by molar-refractivity contribution is 5.73. The van der Waals surface area contributed by atoms with Crippen molar-refractivity contribution in [3.63, 3.8) is 0 Å². The number of nitrogens with zero attached hydrogens (tertiary/aromatic N) is 1. The van der Waals surface area contributed by atoms with Crippen LogP contribution in [0.5, 0.6) is 0 Å². The van der Waals surface area contributed by atoms with Crippen molar-refractivity contribution in [2.24, 2.45) is 0 Å². The molecule has 5 nitrogen and oxygen atoms in total. The van der Waals surface area contributed by atoms with E-state index in [1.54, 1.807) is 19.2 Å². The number of urea groups is 1. The second kappa shape index (κ2) is 6.49. The average Bonchev–Trinajstić information content (AvgIpc) is 2.42. The van der Waals surface area contributed by atoms with Gasteiger partial charge in [-0.15, -0.1) is 0 Å². The van der Waals surface area contributed by atoms with Gasteiger partial charge in [0.1, 0.15) is 12.0 Å². The molecule has 1 aromatic carbocycles. The van der Waals surface area contributed by atoms with Gasteiger partial charge in [-0.25, -0.2) is 9.18 Å². The second-order valence-electron chi connectivity index (χ2n) is 4.44. The Kier molecular flexibility index (Phi) is 4.70. The Morgan fingerprint density at radius 1 is 1.47 bits per heavy atom. The van der Waals surface area contributed by atoms with Gasteiger partial charge in [-0.3, -0.25) is 4.90 Å². The van der Waals surface area contributed by atoms with Crippen LogP contribution in [0.25, 0.3) is 0 Å². The molecule has 1 saturated heterocycles. The molecule has 0 aliphatic carbocycles. The average molecular weight is 267 g/mol. The number of benzene rings is 1. The molecule has 1 aromatic rings. The SMILES string of the molecule is CNC(=O)NC1CN(Cc2ccc(F)cc2)CCO1. The molecule has 1 aliphatic heterocycles. The van der Waals surface area contributed by atoms with E-state index in [0.29, 0.717) is 13.2 Å². The van der Waals surface area contributed by atoms with Gasteiger partial charge in [-0.2, -0.15) is 0 Å². The van der Waals surface area contributed by atoms with Crippen LogP contribution in [-0.2, 0) is 11.3 Å². The maximum absolute atomic E-state index is 12.8. The van der Waals surface area contributed by atoms with Gasteiger partial charge in [-0.05, 0) is 17.7 Å². The molecule has 2 rings (SSSR count). The van der Waals surface area contributed by atoms with Crippen molar-refractivity contribution < 1.29 is 13.9 Å². The number of carbonyl (C=O) groups excluding carboxylic acids is 1. The normalized spacial score (nSPS) is 20.0. The first-order chi connectivity index (χ1) is 9.17. The maximum Gasteiger partial charge on any atom is 0.316 e. The molecule has 1 unspecified atom stereocenters. The zero-order valence-electron chi connectivity index (χ0n) is 10.9. The molecule has 1 aliphatic rings. The number of amides is 2. The van der Waals surface area contributed by atoms with Crippen LogP contribution in [0.4, 0.5) is 9.18 Å². The van der Waals surface area contributed by atoms with Crippen LogP contribution >= 0.6 is 0 Å². The van der Waals surface area contributed by atoms with Crippen molar-refractivity contribution in [3.8, 4) is 0 Å². The third-order valence-electron chi connectivity index (χ3n) is 2.99. The summed E-state index contributed by atoms with van der Waals surface area (Å²) in [5, 5.41) is 5.21. The topological polar surface area (TPSA) is 53.6 Å². The summed E-state index contributed by atoms with van der Waals surface area (Å²) < 4.78 is 18.3. The minimum atomic E-state index is -0.311. The standard InChI is InChI=1S/C13H18FN3O2/c1-15-13(18)16-12-9-17(6-7-19-12)8-10-2-4-11(14)5-3-10/h2-5,12H,6-9H2,1H3,(H2,15,16,18). The Bertz CT molecular complexity index is 424. The van der Waals surface area contributed by atoms with E-state index in [0.717, 1.165) is 18.7 Å². The van der Waals surface area contributed by atoms with Crippen LogP contribution in [0.3, 0.4) is 0 Å². The molecule has 0 saturated carbocycles. The number of nitrogens with one attached hydrogen (secondary N) is 2. The fraction of sp³-hybridized carbons (Fsp3) is 0.462. The molecule has 1 atom stereocenters. The quantitative estimate of drug-likeness (QED) is 0.856. The molecule has 0 bridgehead atoms. The Morgan fingerprint density at radius 3 is 2.89 bits per heavy atom. The highest BCUT2D eigenvalue weighted by Crippen LogP contribution is 2.10. The second-order valence-corrected chi connectivity index (χ2v) is 4.44.